The van der Waals surface area contributed by atoms with E-state index in [4.69, 9.17) is 5.73 Å². The standard InChI is InChI=1S/C12H14BrN3/c13-12-7-15-16(9-12)8-11-3-1-10(2-4-11)5-6-14/h1-4,7,9H,5-6,8,14H2. The molecule has 4 heteroatoms. The molecule has 0 radical (unpaired) electrons. The summed E-state index contributed by atoms with van der Waals surface area (Å²) < 4.78 is 2.91. The molecule has 1 aromatic heterocycles. The second kappa shape index (κ2) is 5.27. The van der Waals surface area contributed by atoms with E-state index in [9.17, 15) is 0 Å². The molecule has 84 valence electrons. The summed E-state index contributed by atoms with van der Waals surface area (Å²) in [5.74, 6) is 0. The highest BCUT2D eigenvalue weighted by atomic mass is 79.9. The van der Waals surface area contributed by atoms with Gasteiger partial charge in [0.15, 0.2) is 0 Å². The van der Waals surface area contributed by atoms with Crippen molar-refractivity contribution < 1.29 is 0 Å². The molecule has 0 fully saturated rings. The first-order chi connectivity index (χ1) is 7.78. The smallest absolute Gasteiger partial charge is 0.0659 e. The molecule has 2 aromatic rings. The summed E-state index contributed by atoms with van der Waals surface area (Å²) >= 11 is 3.38. The minimum Gasteiger partial charge on any atom is -0.330 e. The predicted octanol–water partition coefficient (Wildman–Crippen LogP) is 2.20. The Balaban J connectivity index is 2.05. The lowest BCUT2D eigenvalue weighted by Gasteiger charge is -2.03. The van der Waals surface area contributed by atoms with E-state index < -0.39 is 0 Å². The zero-order valence-corrected chi connectivity index (χ0v) is 10.5. The summed E-state index contributed by atoms with van der Waals surface area (Å²) in [5, 5.41) is 4.22. The highest BCUT2D eigenvalue weighted by molar-refractivity contribution is 9.10. The fourth-order valence-electron chi connectivity index (χ4n) is 1.59. The van der Waals surface area contributed by atoms with Crippen molar-refractivity contribution >= 4 is 15.9 Å². The van der Waals surface area contributed by atoms with E-state index in [-0.39, 0.29) is 0 Å². The summed E-state index contributed by atoms with van der Waals surface area (Å²) in [4.78, 5) is 0. The van der Waals surface area contributed by atoms with Gasteiger partial charge in [0.2, 0.25) is 0 Å². The van der Waals surface area contributed by atoms with E-state index >= 15 is 0 Å². The Hall–Kier alpha value is -1.13. The average Bonchev–Trinajstić information content (AvgIpc) is 2.67. The van der Waals surface area contributed by atoms with Gasteiger partial charge in [0.05, 0.1) is 17.2 Å². The molecule has 0 aliphatic heterocycles. The molecule has 0 spiro atoms. The number of rotatable bonds is 4. The summed E-state index contributed by atoms with van der Waals surface area (Å²) in [6, 6.07) is 8.50. The van der Waals surface area contributed by atoms with Gasteiger partial charge in [-0.1, -0.05) is 24.3 Å². The lowest BCUT2D eigenvalue weighted by Crippen LogP contribution is -2.03. The molecule has 0 aliphatic carbocycles. The van der Waals surface area contributed by atoms with E-state index in [1.54, 1.807) is 6.20 Å². The van der Waals surface area contributed by atoms with Gasteiger partial charge in [-0.3, -0.25) is 4.68 Å². The van der Waals surface area contributed by atoms with Gasteiger partial charge in [0, 0.05) is 6.20 Å². The first-order valence-electron chi connectivity index (χ1n) is 5.24. The van der Waals surface area contributed by atoms with Crippen LogP contribution >= 0.6 is 15.9 Å². The van der Waals surface area contributed by atoms with Gasteiger partial charge in [0.1, 0.15) is 0 Å². The van der Waals surface area contributed by atoms with Crippen LogP contribution in [0, 0.1) is 0 Å². The predicted molar refractivity (Wildman–Crippen MR) is 68.2 cm³/mol. The quantitative estimate of drug-likeness (QED) is 0.933. The van der Waals surface area contributed by atoms with E-state index in [0.717, 1.165) is 17.4 Å². The third-order valence-electron chi connectivity index (χ3n) is 2.40. The van der Waals surface area contributed by atoms with Crippen molar-refractivity contribution in [2.24, 2.45) is 5.73 Å². The van der Waals surface area contributed by atoms with Crippen LogP contribution in [0.5, 0.6) is 0 Å². The van der Waals surface area contributed by atoms with Gasteiger partial charge in [-0.15, -0.1) is 0 Å². The molecule has 0 aliphatic rings. The summed E-state index contributed by atoms with van der Waals surface area (Å²) in [5.41, 5.74) is 8.04. The largest absolute Gasteiger partial charge is 0.330 e. The monoisotopic (exact) mass is 279 g/mol. The van der Waals surface area contributed by atoms with Crippen LogP contribution in [0.1, 0.15) is 11.1 Å². The van der Waals surface area contributed by atoms with Gasteiger partial charge in [-0.2, -0.15) is 5.10 Å². The molecular weight excluding hydrogens is 266 g/mol. The lowest BCUT2D eigenvalue weighted by molar-refractivity contribution is 0.686. The number of hydrogen-bond acceptors (Lipinski definition) is 2. The zero-order chi connectivity index (χ0) is 11.4. The van der Waals surface area contributed by atoms with Crippen LogP contribution in [-0.4, -0.2) is 16.3 Å². The topological polar surface area (TPSA) is 43.8 Å². The first kappa shape index (κ1) is 11.4. The maximum atomic E-state index is 5.51. The summed E-state index contributed by atoms with van der Waals surface area (Å²) in [7, 11) is 0. The Labute approximate surface area is 103 Å². The third-order valence-corrected chi connectivity index (χ3v) is 2.81. The molecule has 0 bridgehead atoms. The molecule has 3 nitrogen and oxygen atoms in total. The number of benzene rings is 1. The SMILES string of the molecule is NCCc1ccc(Cn2cc(Br)cn2)cc1. The maximum absolute atomic E-state index is 5.51. The molecule has 16 heavy (non-hydrogen) atoms. The molecule has 1 aromatic carbocycles. The normalized spacial score (nSPS) is 10.6. The van der Waals surface area contributed by atoms with Crippen LogP contribution in [0.2, 0.25) is 0 Å². The number of nitrogens with zero attached hydrogens (tertiary/aromatic N) is 2. The fourth-order valence-corrected chi connectivity index (χ4v) is 1.92. The van der Waals surface area contributed by atoms with E-state index in [0.29, 0.717) is 6.54 Å². The second-order valence-electron chi connectivity index (χ2n) is 3.71. The first-order valence-corrected chi connectivity index (χ1v) is 6.03. The van der Waals surface area contributed by atoms with Crippen LogP contribution in [0.25, 0.3) is 0 Å². The zero-order valence-electron chi connectivity index (χ0n) is 8.94. The van der Waals surface area contributed by atoms with Gasteiger partial charge in [-0.25, -0.2) is 0 Å². The Morgan fingerprint density at radius 3 is 2.44 bits per heavy atom. The van der Waals surface area contributed by atoms with Gasteiger partial charge >= 0.3 is 0 Å². The molecule has 0 unspecified atom stereocenters. The molecule has 2 N–H and O–H groups in total. The van der Waals surface area contributed by atoms with Crippen LogP contribution < -0.4 is 5.73 Å². The van der Waals surface area contributed by atoms with Gasteiger partial charge in [-0.05, 0) is 40.0 Å². The minimum atomic E-state index is 0.700. The van der Waals surface area contributed by atoms with Crippen molar-refractivity contribution in [2.45, 2.75) is 13.0 Å². The average molecular weight is 280 g/mol. The minimum absolute atomic E-state index is 0.700. The van der Waals surface area contributed by atoms with E-state index in [1.165, 1.54) is 11.1 Å². The molecule has 2 rings (SSSR count). The van der Waals surface area contributed by atoms with Crippen LogP contribution in [0.3, 0.4) is 0 Å². The van der Waals surface area contributed by atoms with Crippen molar-refractivity contribution in [3.8, 4) is 0 Å². The van der Waals surface area contributed by atoms with Crippen LogP contribution in [0.4, 0.5) is 0 Å². The number of halogens is 1. The highest BCUT2D eigenvalue weighted by Crippen LogP contribution is 2.10. The van der Waals surface area contributed by atoms with E-state index in [1.807, 2.05) is 10.9 Å². The Kier molecular flexibility index (Phi) is 3.74. The molecule has 0 saturated heterocycles. The Bertz CT molecular complexity index is 448. The van der Waals surface area contributed by atoms with Crippen LogP contribution in [-0.2, 0) is 13.0 Å². The van der Waals surface area contributed by atoms with Crippen molar-refractivity contribution in [1.82, 2.24) is 9.78 Å². The number of aromatic nitrogens is 2. The third kappa shape index (κ3) is 2.93. The summed E-state index contributed by atoms with van der Waals surface area (Å²) in [6.45, 7) is 1.50. The van der Waals surface area contributed by atoms with Gasteiger partial charge in [0.25, 0.3) is 0 Å². The van der Waals surface area contributed by atoms with Crippen molar-refractivity contribution in [1.29, 1.82) is 0 Å². The molecule has 0 saturated carbocycles. The lowest BCUT2D eigenvalue weighted by atomic mass is 10.1. The Morgan fingerprint density at radius 2 is 1.88 bits per heavy atom. The van der Waals surface area contributed by atoms with Crippen molar-refractivity contribution in [3.05, 3.63) is 52.3 Å². The van der Waals surface area contributed by atoms with E-state index in [2.05, 4.69) is 45.3 Å². The van der Waals surface area contributed by atoms with Crippen molar-refractivity contribution in [2.75, 3.05) is 6.54 Å². The highest BCUT2D eigenvalue weighted by Gasteiger charge is 1.98. The molecule has 0 atom stereocenters. The number of hydrogen-bond donors (Lipinski definition) is 1. The molecular formula is C12H14BrN3. The molecule has 1 heterocycles. The Morgan fingerprint density at radius 1 is 1.19 bits per heavy atom. The summed E-state index contributed by atoms with van der Waals surface area (Å²) in [6.07, 6.45) is 4.70. The van der Waals surface area contributed by atoms with Crippen LogP contribution in [0.15, 0.2) is 41.1 Å². The second-order valence-corrected chi connectivity index (χ2v) is 4.63. The van der Waals surface area contributed by atoms with Crippen molar-refractivity contribution in [3.63, 3.8) is 0 Å². The molecule has 0 amide bonds. The van der Waals surface area contributed by atoms with Gasteiger partial charge < -0.3 is 5.73 Å². The number of nitrogens with two attached hydrogens (primary N) is 1. The fraction of sp³-hybridized carbons (Fsp3) is 0.250. The maximum Gasteiger partial charge on any atom is 0.0659 e.